The topological polar surface area (TPSA) is 123 Å². The highest BCUT2D eigenvalue weighted by Crippen LogP contribution is 2.26. The molecule has 3 heterocycles. The van der Waals surface area contributed by atoms with E-state index in [1.54, 1.807) is 13.0 Å². The maximum atomic E-state index is 12.8. The molecule has 10 heteroatoms. The summed E-state index contributed by atoms with van der Waals surface area (Å²) < 4.78 is 27.9. The number of primary sulfonamides is 1. The van der Waals surface area contributed by atoms with Gasteiger partial charge in [0, 0.05) is 19.0 Å². The average Bonchev–Trinajstić information content (AvgIpc) is 3.01. The minimum absolute atomic E-state index is 0. The van der Waals surface area contributed by atoms with Crippen LogP contribution >= 0.6 is 12.4 Å². The van der Waals surface area contributed by atoms with Gasteiger partial charge in [-0.1, -0.05) is 0 Å². The van der Waals surface area contributed by atoms with E-state index in [-0.39, 0.29) is 42.1 Å². The molecule has 3 N–H and O–H groups in total. The Kier molecular flexibility index (Phi) is 7.07. The monoisotopic (exact) mass is 419 g/mol. The maximum Gasteiger partial charge on any atom is 0.349 e. The van der Waals surface area contributed by atoms with Crippen LogP contribution < -0.4 is 16.1 Å². The van der Waals surface area contributed by atoms with Crippen LogP contribution in [0.2, 0.25) is 0 Å². The molecule has 0 spiro atoms. The number of carbonyl (C=O) groups excluding carboxylic acids is 1. The van der Waals surface area contributed by atoms with Gasteiger partial charge in [-0.25, -0.2) is 18.4 Å². The van der Waals surface area contributed by atoms with Gasteiger partial charge in [-0.05, 0) is 56.8 Å². The molecule has 1 amide bonds. The van der Waals surface area contributed by atoms with Crippen molar-refractivity contribution in [2.75, 3.05) is 31.9 Å². The van der Waals surface area contributed by atoms with Crippen molar-refractivity contribution in [1.29, 1.82) is 0 Å². The highest BCUT2D eigenvalue weighted by Gasteiger charge is 2.32. The summed E-state index contributed by atoms with van der Waals surface area (Å²) in [6.07, 6.45) is 2.35. The number of aryl methyl sites for hydroxylation is 1. The van der Waals surface area contributed by atoms with Crippen molar-refractivity contribution < 1.29 is 17.6 Å². The van der Waals surface area contributed by atoms with Gasteiger partial charge < -0.3 is 14.6 Å². The fraction of sp³-hybridized carbons (Fsp3) is 0.647. The molecule has 0 aliphatic carbocycles. The van der Waals surface area contributed by atoms with Crippen LogP contribution in [0.3, 0.4) is 0 Å². The van der Waals surface area contributed by atoms with Crippen LogP contribution in [0.15, 0.2) is 15.3 Å². The van der Waals surface area contributed by atoms with Crippen molar-refractivity contribution in [2.45, 2.75) is 32.1 Å². The van der Waals surface area contributed by atoms with E-state index in [1.165, 1.54) is 4.90 Å². The van der Waals surface area contributed by atoms with Crippen molar-refractivity contribution in [2.24, 2.45) is 11.1 Å². The normalized spacial score (nSPS) is 21.1. The van der Waals surface area contributed by atoms with E-state index in [0.29, 0.717) is 24.3 Å². The Morgan fingerprint density at radius 1 is 1.33 bits per heavy atom. The van der Waals surface area contributed by atoms with Crippen LogP contribution in [-0.2, 0) is 10.0 Å². The predicted molar refractivity (Wildman–Crippen MR) is 104 cm³/mol. The van der Waals surface area contributed by atoms with Crippen LogP contribution in [0.1, 0.15) is 46.9 Å². The van der Waals surface area contributed by atoms with Crippen LogP contribution in [0.4, 0.5) is 0 Å². The lowest BCUT2D eigenvalue weighted by Crippen LogP contribution is -2.34. The molecule has 1 aromatic heterocycles. The molecule has 0 saturated carbocycles. The molecular formula is C17H26ClN3O5S. The molecule has 0 bridgehead atoms. The zero-order valence-electron chi connectivity index (χ0n) is 15.3. The largest absolute Gasteiger partial charge is 0.427 e. The minimum atomic E-state index is -3.58. The fourth-order valence-corrected chi connectivity index (χ4v) is 4.77. The number of nitrogens with zero attached hydrogens (tertiary/aromatic N) is 1. The van der Waals surface area contributed by atoms with E-state index in [4.69, 9.17) is 9.56 Å². The SMILES string of the molecule is Cc1cc(C2CCNCC2)oc(=O)c1C(=O)N1CCC(CS(N)(=O)=O)C1.Cl. The van der Waals surface area contributed by atoms with E-state index >= 15 is 0 Å². The molecule has 2 fully saturated rings. The standard InChI is InChI=1S/C17H25N3O5S.ClH/c1-11-8-14(13-2-5-19-6-3-13)25-17(22)15(11)16(21)20-7-4-12(9-20)10-26(18,23)24;/h8,12-13,19H,2-7,9-10H2,1H3,(H2,18,23,24);1H. The number of nitrogens with one attached hydrogen (secondary N) is 1. The summed E-state index contributed by atoms with van der Waals surface area (Å²) in [5, 5.41) is 8.35. The second-order valence-electron chi connectivity index (χ2n) is 7.25. The van der Waals surface area contributed by atoms with Gasteiger partial charge in [0.15, 0.2) is 0 Å². The molecule has 1 atom stereocenters. The molecule has 0 radical (unpaired) electrons. The lowest BCUT2D eigenvalue weighted by Gasteiger charge is -2.22. The quantitative estimate of drug-likeness (QED) is 0.736. The van der Waals surface area contributed by atoms with Gasteiger partial charge in [0.1, 0.15) is 11.3 Å². The number of rotatable bonds is 4. The molecule has 2 aliphatic heterocycles. The summed E-state index contributed by atoms with van der Waals surface area (Å²) in [5.41, 5.74) is 0.0343. The lowest BCUT2D eigenvalue weighted by atomic mass is 9.94. The summed E-state index contributed by atoms with van der Waals surface area (Å²) in [6.45, 7) is 4.20. The molecule has 0 aromatic carbocycles. The van der Waals surface area contributed by atoms with Gasteiger partial charge in [0.05, 0.1) is 5.75 Å². The van der Waals surface area contributed by atoms with Gasteiger partial charge in [-0.15, -0.1) is 12.4 Å². The molecule has 27 heavy (non-hydrogen) atoms. The molecule has 8 nitrogen and oxygen atoms in total. The first-order valence-corrected chi connectivity index (χ1v) is 10.6. The van der Waals surface area contributed by atoms with Crippen molar-refractivity contribution in [3.05, 3.63) is 33.4 Å². The predicted octanol–water partition coefficient (Wildman–Crippen LogP) is 0.588. The third-order valence-corrected chi connectivity index (χ3v) is 6.10. The highest BCUT2D eigenvalue weighted by atomic mass is 35.5. The first-order chi connectivity index (χ1) is 12.2. The zero-order chi connectivity index (χ0) is 18.9. The molecule has 3 rings (SSSR count). The van der Waals surface area contributed by atoms with Crippen LogP contribution in [0.5, 0.6) is 0 Å². The van der Waals surface area contributed by atoms with E-state index < -0.39 is 21.6 Å². The first-order valence-electron chi connectivity index (χ1n) is 8.89. The van der Waals surface area contributed by atoms with Crippen molar-refractivity contribution in [3.8, 4) is 0 Å². The third kappa shape index (κ3) is 5.31. The summed E-state index contributed by atoms with van der Waals surface area (Å²) in [4.78, 5) is 26.7. The number of sulfonamides is 1. The van der Waals surface area contributed by atoms with Crippen molar-refractivity contribution in [3.63, 3.8) is 0 Å². The van der Waals surface area contributed by atoms with Gasteiger partial charge in [0.2, 0.25) is 10.0 Å². The van der Waals surface area contributed by atoms with Crippen molar-refractivity contribution in [1.82, 2.24) is 10.2 Å². The molecule has 152 valence electrons. The third-order valence-electron chi connectivity index (χ3n) is 5.16. The van der Waals surface area contributed by atoms with Crippen LogP contribution in [-0.4, -0.2) is 51.2 Å². The fourth-order valence-electron chi connectivity index (χ4n) is 3.84. The van der Waals surface area contributed by atoms with Crippen LogP contribution in [0.25, 0.3) is 0 Å². The number of halogens is 1. The second-order valence-corrected chi connectivity index (χ2v) is 8.91. The number of hydrogen-bond donors (Lipinski definition) is 2. The highest BCUT2D eigenvalue weighted by molar-refractivity contribution is 7.89. The van der Waals surface area contributed by atoms with Gasteiger partial charge in [0.25, 0.3) is 5.91 Å². The van der Waals surface area contributed by atoms with E-state index in [0.717, 1.165) is 25.9 Å². The molecule has 1 unspecified atom stereocenters. The number of carbonyl (C=O) groups is 1. The smallest absolute Gasteiger partial charge is 0.349 e. The van der Waals surface area contributed by atoms with E-state index in [1.807, 2.05) is 0 Å². The summed E-state index contributed by atoms with van der Waals surface area (Å²) in [6, 6.07) is 1.79. The molecule has 2 saturated heterocycles. The summed E-state index contributed by atoms with van der Waals surface area (Å²) in [7, 11) is -3.58. The number of hydrogen-bond acceptors (Lipinski definition) is 6. The van der Waals surface area contributed by atoms with Gasteiger partial charge in [-0.2, -0.15) is 0 Å². The summed E-state index contributed by atoms with van der Waals surface area (Å²) in [5.74, 6) is 0.0797. The molecule has 2 aliphatic rings. The van der Waals surface area contributed by atoms with Crippen molar-refractivity contribution >= 4 is 28.3 Å². The molecule has 1 aromatic rings. The van der Waals surface area contributed by atoms with Crippen LogP contribution in [0, 0.1) is 12.8 Å². The lowest BCUT2D eigenvalue weighted by molar-refractivity contribution is 0.0782. The zero-order valence-corrected chi connectivity index (χ0v) is 16.9. The Morgan fingerprint density at radius 2 is 2.00 bits per heavy atom. The number of nitrogens with two attached hydrogens (primary N) is 1. The Morgan fingerprint density at radius 3 is 2.59 bits per heavy atom. The summed E-state index contributed by atoms with van der Waals surface area (Å²) >= 11 is 0. The Hall–Kier alpha value is -1.42. The Bertz CT molecular complexity index is 849. The van der Waals surface area contributed by atoms with E-state index in [2.05, 4.69) is 5.32 Å². The Balaban J connectivity index is 0.00000261. The minimum Gasteiger partial charge on any atom is -0.427 e. The Labute approximate surface area is 164 Å². The maximum absolute atomic E-state index is 12.8. The number of likely N-dealkylation sites (tertiary alicyclic amines) is 1. The first kappa shape index (κ1) is 21.9. The second kappa shape index (κ2) is 8.72. The average molecular weight is 420 g/mol. The van der Waals surface area contributed by atoms with Gasteiger partial charge in [-0.3, -0.25) is 4.79 Å². The number of piperidine rings is 1. The molecular weight excluding hydrogens is 394 g/mol. The van der Waals surface area contributed by atoms with E-state index in [9.17, 15) is 18.0 Å². The number of amides is 1. The van der Waals surface area contributed by atoms with Gasteiger partial charge >= 0.3 is 5.63 Å².